The number of hydrogen-bond acceptors (Lipinski definition) is 1. The first-order valence-corrected chi connectivity index (χ1v) is 6.90. The van der Waals surface area contributed by atoms with Crippen LogP contribution in [-0.4, -0.2) is 11.1 Å². The van der Waals surface area contributed by atoms with Gasteiger partial charge in [-0.1, -0.05) is 57.0 Å². The van der Waals surface area contributed by atoms with Gasteiger partial charge in [0.05, 0.1) is 5.92 Å². The Kier molecular flexibility index (Phi) is 3.74. The summed E-state index contributed by atoms with van der Waals surface area (Å²) in [6.45, 7) is 4.21. The van der Waals surface area contributed by atoms with E-state index in [2.05, 4.69) is 26.0 Å². The zero-order chi connectivity index (χ0) is 13.2. The second kappa shape index (κ2) is 5.13. The number of benzene rings is 1. The van der Waals surface area contributed by atoms with Gasteiger partial charge in [0.1, 0.15) is 0 Å². The summed E-state index contributed by atoms with van der Waals surface area (Å²) in [6.07, 6.45) is 4.07. The average Bonchev–Trinajstić information content (AvgIpc) is 3.12. The smallest absolute Gasteiger partial charge is 0.307 e. The third-order valence-electron chi connectivity index (χ3n) is 4.31. The molecule has 98 valence electrons. The second-order valence-electron chi connectivity index (χ2n) is 5.60. The lowest BCUT2D eigenvalue weighted by molar-refractivity contribution is -0.145. The van der Waals surface area contributed by atoms with Crippen LogP contribution in [0.5, 0.6) is 0 Å². The van der Waals surface area contributed by atoms with Gasteiger partial charge in [0.15, 0.2) is 0 Å². The molecule has 0 aliphatic heterocycles. The molecule has 1 aliphatic rings. The number of aliphatic carboxylic acids is 1. The number of hydrogen-bond donors (Lipinski definition) is 1. The maximum atomic E-state index is 11.7. The summed E-state index contributed by atoms with van der Waals surface area (Å²) in [5.74, 6) is -0.618. The van der Waals surface area contributed by atoms with Crippen LogP contribution in [0.25, 0.3) is 0 Å². The molecular formula is C16H22O2. The Morgan fingerprint density at radius 3 is 2.39 bits per heavy atom. The molecule has 0 amide bonds. The van der Waals surface area contributed by atoms with E-state index < -0.39 is 5.97 Å². The Labute approximate surface area is 109 Å². The van der Waals surface area contributed by atoms with Crippen LogP contribution in [-0.2, 0) is 10.2 Å². The molecule has 2 heteroatoms. The molecule has 1 N–H and O–H groups in total. The lowest BCUT2D eigenvalue weighted by Gasteiger charge is -2.29. The van der Waals surface area contributed by atoms with Gasteiger partial charge < -0.3 is 5.11 Å². The summed E-state index contributed by atoms with van der Waals surface area (Å²) >= 11 is 0. The summed E-state index contributed by atoms with van der Waals surface area (Å²) in [5.41, 5.74) is 1.11. The minimum Gasteiger partial charge on any atom is -0.481 e. The first-order chi connectivity index (χ1) is 8.62. The van der Waals surface area contributed by atoms with Crippen LogP contribution < -0.4 is 0 Å². The summed E-state index contributed by atoms with van der Waals surface area (Å²) in [7, 11) is 0. The molecule has 0 bridgehead atoms. The van der Waals surface area contributed by atoms with E-state index in [0.29, 0.717) is 0 Å². The van der Waals surface area contributed by atoms with E-state index in [0.717, 1.165) is 25.7 Å². The molecule has 0 heterocycles. The highest BCUT2D eigenvalue weighted by atomic mass is 16.4. The minimum absolute atomic E-state index is 0.0956. The van der Waals surface area contributed by atoms with Crippen LogP contribution in [0.15, 0.2) is 30.3 Å². The number of rotatable bonds is 6. The maximum Gasteiger partial charge on any atom is 0.307 e. The molecule has 0 spiro atoms. The average molecular weight is 246 g/mol. The third-order valence-corrected chi connectivity index (χ3v) is 4.31. The van der Waals surface area contributed by atoms with Crippen molar-refractivity contribution in [1.82, 2.24) is 0 Å². The van der Waals surface area contributed by atoms with Crippen molar-refractivity contribution in [2.75, 3.05) is 0 Å². The third kappa shape index (κ3) is 2.29. The van der Waals surface area contributed by atoms with E-state index in [4.69, 9.17) is 0 Å². The number of carboxylic acid groups (broad SMARTS) is 1. The van der Waals surface area contributed by atoms with E-state index >= 15 is 0 Å². The van der Waals surface area contributed by atoms with Crippen LogP contribution in [0.4, 0.5) is 0 Å². The summed E-state index contributed by atoms with van der Waals surface area (Å²) in [4.78, 5) is 11.7. The molecule has 2 atom stereocenters. The van der Waals surface area contributed by atoms with Gasteiger partial charge in [-0.15, -0.1) is 0 Å². The summed E-state index contributed by atoms with van der Waals surface area (Å²) in [5, 5.41) is 9.61. The fourth-order valence-electron chi connectivity index (χ4n) is 3.33. The quantitative estimate of drug-likeness (QED) is 0.827. The molecule has 1 aromatic carbocycles. The first-order valence-electron chi connectivity index (χ1n) is 6.90. The standard InChI is InChI=1S/C16H22O2/c1-3-7-12(2)14(15(17)18)16(10-11-16)13-8-5-4-6-9-13/h4-6,8-9,12,14H,3,7,10-11H2,1-2H3,(H,17,18). The normalized spacial score (nSPS) is 20.1. The molecule has 2 rings (SSSR count). The number of carbonyl (C=O) groups is 1. The monoisotopic (exact) mass is 246 g/mol. The van der Waals surface area contributed by atoms with Gasteiger partial charge in [0, 0.05) is 5.41 Å². The molecule has 1 fully saturated rings. The summed E-state index contributed by atoms with van der Waals surface area (Å²) < 4.78 is 0. The van der Waals surface area contributed by atoms with Crippen LogP contribution in [0.3, 0.4) is 0 Å². The van der Waals surface area contributed by atoms with Crippen molar-refractivity contribution in [2.45, 2.75) is 44.9 Å². The van der Waals surface area contributed by atoms with Crippen molar-refractivity contribution in [3.8, 4) is 0 Å². The molecule has 1 aromatic rings. The Balaban J connectivity index is 2.29. The second-order valence-corrected chi connectivity index (χ2v) is 5.60. The summed E-state index contributed by atoms with van der Waals surface area (Å²) in [6, 6.07) is 10.2. The minimum atomic E-state index is -0.627. The van der Waals surface area contributed by atoms with Gasteiger partial charge in [0.2, 0.25) is 0 Å². The SMILES string of the molecule is CCCC(C)C(C(=O)O)C1(c2ccccc2)CC1. The molecule has 0 saturated heterocycles. The Morgan fingerprint density at radius 2 is 1.94 bits per heavy atom. The van der Waals surface area contributed by atoms with Gasteiger partial charge >= 0.3 is 5.97 Å². The molecule has 18 heavy (non-hydrogen) atoms. The van der Waals surface area contributed by atoms with E-state index in [1.54, 1.807) is 0 Å². The largest absolute Gasteiger partial charge is 0.481 e. The van der Waals surface area contributed by atoms with E-state index in [9.17, 15) is 9.90 Å². The predicted molar refractivity (Wildman–Crippen MR) is 72.6 cm³/mol. The lowest BCUT2D eigenvalue weighted by Crippen LogP contribution is -2.33. The van der Waals surface area contributed by atoms with Crippen molar-refractivity contribution in [2.24, 2.45) is 11.8 Å². The van der Waals surface area contributed by atoms with Crippen molar-refractivity contribution in [1.29, 1.82) is 0 Å². The zero-order valence-electron chi connectivity index (χ0n) is 11.2. The first kappa shape index (κ1) is 13.1. The van der Waals surface area contributed by atoms with Crippen LogP contribution in [0.1, 0.15) is 45.1 Å². The van der Waals surface area contributed by atoms with E-state index in [1.807, 2.05) is 18.2 Å². The van der Waals surface area contributed by atoms with Crippen LogP contribution in [0, 0.1) is 11.8 Å². The Hall–Kier alpha value is -1.31. The topological polar surface area (TPSA) is 37.3 Å². The highest BCUT2D eigenvalue weighted by molar-refractivity contribution is 5.74. The molecule has 2 unspecified atom stereocenters. The van der Waals surface area contributed by atoms with Gasteiger partial charge in [0.25, 0.3) is 0 Å². The van der Waals surface area contributed by atoms with Crippen molar-refractivity contribution < 1.29 is 9.90 Å². The molecule has 0 radical (unpaired) electrons. The van der Waals surface area contributed by atoms with E-state index in [1.165, 1.54) is 5.56 Å². The predicted octanol–water partition coefficient (Wildman–Crippen LogP) is 3.86. The molecular weight excluding hydrogens is 224 g/mol. The van der Waals surface area contributed by atoms with Gasteiger partial charge in [-0.2, -0.15) is 0 Å². The highest BCUT2D eigenvalue weighted by Crippen LogP contribution is 2.56. The van der Waals surface area contributed by atoms with E-state index in [-0.39, 0.29) is 17.3 Å². The van der Waals surface area contributed by atoms with Gasteiger partial charge in [-0.3, -0.25) is 4.79 Å². The molecule has 1 saturated carbocycles. The van der Waals surface area contributed by atoms with Crippen molar-refractivity contribution in [3.05, 3.63) is 35.9 Å². The fourth-order valence-corrected chi connectivity index (χ4v) is 3.33. The molecule has 1 aliphatic carbocycles. The van der Waals surface area contributed by atoms with Crippen LogP contribution in [0.2, 0.25) is 0 Å². The zero-order valence-corrected chi connectivity index (χ0v) is 11.2. The maximum absolute atomic E-state index is 11.7. The van der Waals surface area contributed by atoms with Crippen molar-refractivity contribution >= 4 is 5.97 Å². The van der Waals surface area contributed by atoms with Gasteiger partial charge in [-0.25, -0.2) is 0 Å². The Morgan fingerprint density at radius 1 is 1.33 bits per heavy atom. The van der Waals surface area contributed by atoms with Crippen LogP contribution >= 0.6 is 0 Å². The molecule has 0 aromatic heterocycles. The van der Waals surface area contributed by atoms with Crippen molar-refractivity contribution in [3.63, 3.8) is 0 Å². The Bertz CT molecular complexity index is 406. The van der Waals surface area contributed by atoms with Gasteiger partial charge in [-0.05, 0) is 24.3 Å². The lowest BCUT2D eigenvalue weighted by atomic mass is 9.74. The number of carboxylic acids is 1. The highest BCUT2D eigenvalue weighted by Gasteiger charge is 2.55. The fraction of sp³-hybridized carbons (Fsp3) is 0.562. The molecule has 2 nitrogen and oxygen atoms in total.